The van der Waals surface area contributed by atoms with E-state index in [0.29, 0.717) is 17.5 Å². The molecule has 3 N–H and O–H groups in total. The van der Waals surface area contributed by atoms with Gasteiger partial charge in [0.2, 0.25) is 5.95 Å². The van der Waals surface area contributed by atoms with Crippen LogP contribution in [0.25, 0.3) is 34.4 Å². The number of hydrogen-bond donors (Lipinski definition) is 3. The minimum atomic E-state index is -1.04. The second-order valence-electron chi connectivity index (χ2n) is 9.81. The Labute approximate surface area is 250 Å². The van der Waals surface area contributed by atoms with E-state index in [9.17, 15) is 15.0 Å². The highest BCUT2D eigenvalue weighted by Crippen LogP contribution is 2.35. The number of aliphatic hydroxyl groups is 2. The zero-order chi connectivity index (χ0) is 30.0. The summed E-state index contributed by atoms with van der Waals surface area (Å²) in [6.45, 7) is 1.94. The summed E-state index contributed by atoms with van der Waals surface area (Å²) in [6, 6.07) is 31.1. The number of rotatable bonds is 12. The third kappa shape index (κ3) is 7.59. The Balaban J connectivity index is 1.57. The third-order valence-electron chi connectivity index (χ3n) is 6.61. The van der Waals surface area contributed by atoms with Crippen molar-refractivity contribution in [3.63, 3.8) is 0 Å². The molecule has 9 nitrogen and oxygen atoms in total. The van der Waals surface area contributed by atoms with Gasteiger partial charge < -0.3 is 20.3 Å². The molecular weight excluding hydrogens is 542 g/mol. The zero-order valence-electron chi connectivity index (χ0n) is 23.7. The summed E-state index contributed by atoms with van der Waals surface area (Å²) in [5, 5.41) is 29.4. The minimum absolute atomic E-state index is 0.0226. The maximum absolute atomic E-state index is 11.8. The predicted molar refractivity (Wildman–Crippen MR) is 167 cm³/mol. The number of hydrogen-bond acceptors (Lipinski definition) is 8. The molecule has 9 heteroatoms. The van der Waals surface area contributed by atoms with Crippen LogP contribution in [-0.2, 0) is 9.53 Å². The predicted octanol–water partition coefficient (Wildman–Crippen LogP) is 5.82. The molecule has 0 unspecified atom stereocenters. The molecule has 0 saturated carbocycles. The van der Waals surface area contributed by atoms with Gasteiger partial charge in [0.1, 0.15) is 5.69 Å². The molecule has 0 aliphatic rings. The smallest absolute Gasteiger partial charge is 0.308 e. The SMILES string of the molecule is CCOC(=O)C[C@H](O)C[C@H](O)C=Cc1c(-c2ccccc2)nn(-c2ccnc(Nc3ccccc3)n2)c1-c1ccccc1. The lowest BCUT2D eigenvalue weighted by atomic mass is 10.00. The highest BCUT2D eigenvalue weighted by molar-refractivity contribution is 5.84. The van der Waals surface area contributed by atoms with Crippen molar-refractivity contribution in [2.45, 2.75) is 32.0 Å². The van der Waals surface area contributed by atoms with Crippen LogP contribution in [0.5, 0.6) is 0 Å². The molecule has 3 aromatic carbocycles. The molecule has 0 aliphatic carbocycles. The number of aliphatic hydroxyl groups excluding tert-OH is 2. The number of nitrogens with one attached hydrogen (secondary N) is 1. The standard InChI is InChI=1S/C34H33N5O4/c1-2-43-31(42)23-28(41)22-27(40)18-19-29-32(24-12-6-3-7-13-24)38-39(33(29)25-14-8-4-9-15-25)30-20-21-35-34(37-30)36-26-16-10-5-11-17-26/h3-21,27-28,40-41H,2,22-23H2,1H3,(H,35,36,37)/t27-,28-/m1/s1. The van der Waals surface area contributed by atoms with Crippen LogP contribution in [0.3, 0.4) is 0 Å². The number of carbonyl (C=O) groups excluding carboxylic acids is 1. The first-order valence-corrected chi connectivity index (χ1v) is 14.1. The highest BCUT2D eigenvalue weighted by Gasteiger charge is 2.22. The fourth-order valence-corrected chi connectivity index (χ4v) is 4.68. The largest absolute Gasteiger partial charge is 0.466 e. The fourth-order valence-electron chi connectivity index (χ4n) is 4.68. The van der Waals surface area contributed by atoms with Crippen LogP contribution in [0.2, 0.25) is 0 Å². The fraction of sp³-hybridized carbons (Fsp3) is 0.176. The van der Waals surface area contributed by atoms with Crippen LogP contribution in [0, 0.1) is 0 Å². The Morgan fingerprint density at radius 2 is 1.58 bits per heavy atom. The summed E-state index contributed by atoms with van der Waals surface area (Å²) in [5.74, 6) is 0.466. The van der Waals surface area contributed by atoms with Gasteiger partial charge in [0.15, 0.2) is 5.82 Å². The van der Waals surface area contributed by atoms with E-state index in [1.54, 1.807) is 36.0 Å². The Morgan fingerprint density at radius 3 is 2.26 bits per heavy atom. The molecule has 0 bridgehead atoms. The number of para-hydroxylation sites is 1. The Kier molecular flexibility index (Phi) is 9.68. The van der Waals surface area contributed by atoms with Crippen LogP contribution >= 0.6 is 0 Å². The number of nitrogens with zero attached hydrogens (tertiary/aromatic N) is 4. The molecule has 0 radical (unpaired) electrons. The normalized spacial score (nSPS) is 12.6. The van der Waals surface area contributed by atoms with Gasteiger partial charge in [-0.2, -0.15) is 10.1 Å². The number of anilines is 2. The van der Waals surface area contributed by atoms with E-state index in [0.717, 1.165) is 28.1 Å². The lowest BCUT2D eigenvalue weighted by Crippen LogP contribution is -2.20. The summed E-state index contributed by atoms with van der Waals surface area (Å²) in [4.78, 5) is 21.0. The number of benzene rings is 3. The zero-order valence-corrected chi connectivity index (χ0v) is 23.7. The Hall–Kier alpha value is -5.12. The first-order valence-electron chi connectivity index (χ1n) is 14.1. The average Bonchev–Trinajstić information content (AvgIpc) is 3.41. The molecule has 0 amide bonds. The van der Waals surface area contributed by atoms with Crippen LogP contribution in [-0.4, -0.2) is 54.7 Å². The molecule has 43 heavy (non-hydrogen) atoms. The molecule has 218 valence electrons. The van der Waals surface area contributed by atoms with Crippen LogP contribution < -0.4 is 5.32 Å². The van der Waals surface area contributed by atoms with Gasteiger partial charge >= 0.3 is 5.97 Å². The Morgan fingerprint density at radius 1 is 0.930 bits per heavy atom. The molecule has 0 fully saturated rings. The van der Waals surface area contributed by atoms with Crippen molar-refractivity contribution in [2.24, 2.45) is 0 Å². The quantitative estimate of drug-likeness (QED) is 0.159. The molecule has 0 spiro atoms. The maximum atomic E-state index is 11.8. The first-order chi connectivity index (χ1) is 21.0. The van der Waals surface area contributed by atoms with Crippen molar-refractivity contribution in [1.82, 2.24) is 19.7 Å². The third-order valence-corrected chi connectivity index (χ3v) is 6.61. The summed E-state index contributed by atoms with van der Waals surface area (Å²) in [7, 11) is 0. The maximum Gasteiger partial charge on any atom is 0.308 e. The van der Waals surface area contributed by atoms with Crippen LogP contribution in [0.4, 0.5) is 11.6 Å². The summed E-state index contributed by atoms with van der Waals surface area (Å²) >= 11 is 0. The van der Waals surface area contributed by atoms with Gasteiger partial charge in [-0.1, -0.05) is 91.0 Å². The second kappa shape index (κ2) is 14.2. The molecule has 5 rings (SSSR count). The first kappa shape index (κ1) is 29.4. The van der Waals surface area contributed by atoms with Crippen molar-refractivity contribution in [3.05, 3.63) is 115 Å². The van der Waals surface area contributed by atoms with E-state index < -0.39 is 18.2 Å². The molecule has 5 aromatic rings. The van der Waals surface area contributed by atoms with Gasteiger partial charge in [-0.3, -0.25) is 4.79 Å². The van der Waals surface area contributed by atoms with Gasteiger partial charge in [-0.25, -0.2) is 9.67 Å². The summed E-state index contributed by atoms with van der Waals surface area (Å²) < 4.78 is 6.69. The molecule has 2 atom stereocenters. The number of carbonyl (C=O) groups is 1. The van der Waals surface area contributed by atoms with Crippen molar-refractivity contribution in [1.29, 1.82) is 0 Å². The van der Waals surface area contributed by atoms with Crippen molar-refractivity contribution < 1.29 is 19.7 Å². The highest BCUT2D eigenvalue weighted by atomic mass is 16.5. The van der Waals surface area contributed by atoms with E-state index >= 15 is 0 Å². The lowest BCUT2D eigenvalue weighted by molar-refractivity contribution is -0.145. The lowest BCUT2D eigenvalue weighted by Gasteiger charge is -2.13. The summed E-state index contributed by atoms with van der Waals surface area (Å²) in [5.41, 5.74) is 4.84. The van der Waals surface area contributed by atoms with E-state index in [1.165, 1.54) is 0 Å². The molecule has 2 aromatic heterocycles. The number of aromatic nitrogens is 4. The van der Waals surface area contributed by atoms with Gasteiger partial charge in [0.25, 0.3) is 0 Å². The number of esters is 1. The van der Waals surface area contributed by atoms with Gasteiger partial charge in [-0.15, -0.1) is 0 Å². The van der Waals surface area contributed by atoms with Gasteiger partial charge in [0.05, 0.1) is 30.9 Å². The topological polar surface area (TPSA) is 122 Å². The van der Waals surface area contributed by atoms with Gasteiger partial charge in [0, 0.05) is 41.1 Å². The van der Waals surface area contributed by atoms with Crippen LogP contribution in [0.15, 0.2) is 109 Å². The van der Waals surface area contributed by atoms with E-state index in [1.807, 2.05) is 91.0 Å². The molecule has 0 saturated heterocycles. The summed E-state index contributed by atoms with van der Waals surface area (Å²) in [6.07, 6.45) is 2.83. The van der Waals surface area contributed by atoms with E-state index in [-0.39, 0.29) is 19.4 Å². The molecular formula is C34H33N5O4. The minimum Gasteiger partial charge on any atom is -0.466 e. The number of ether oxygens (including phenoxy) is 1. The van der Waals surface area contributed by atoms with E-state index in [2.05, 4.69) is 10.3 Å². The average molecular weight is 576 g/mol. The van der Waals surface area contributed by atoms with Crippen molar-refractivity contribution in [3.8, 4) is 28.3 Å². The Bertz CT molecular complexity index is 1660. The molecule has 0 aliphatic heterocycles. The monoisotopic (exact) mass is 575 g/mol. The van der Waals surface area contributed by atoms with Gasteiger partial charge in [-0.05, 0) is 19.1 Å². The van der Waals surface area contributed by atoms with Crippen LogP contribution in [0.1, 0.15) is 25.3 Å². The molecule has 2 heterocycles. The van der Waals surface area contributed by atoms with Crippen molar-refractivity contribution in [2.75, 3.05) is 11.9 Å². The second-order valence-corrected chi connectivity index (χ2v) is 9.81. The van der Waals surface area contributed by atoms with E-state index in [4.69, 9.17) is 14.8 Å². The van der Waals surface area contributed by atoms with Crippen molar-refractivity contribution >= 4 is 23.7 Å².